The molecule has 2 aliphatic rings. The van der Waals surface area contributed by atoms with Crippen molar-refractivity contribution < 1.29 is 24.2 Å². The molecule has 22 heavy (non-hydrogen) atoms. The van der Waals surface area contributed by atoms with E-state index in [-0.39, 0.29) is 22.9 Å². The molecule has 2 rings (SSSR count). The molecule has 0 radical (unpaired) electrons. The zero-order chi connectivity index (χ0) is 16.7. The van der Waals surface area contributed by atoms with Crippen LogP contribution in [-0.4, -0.2) is 33.5 Å². The van der Waals surface area contributed by atoms with E-state index in [2.05, 4.69) is 0 Å². The van der Waals surface area contributed by atoms with E-state index in [1.807, 2.05) is 0 Å². The molecule has 0 amide bonds. The summed E-state index contributed by atoms with van der Waals surface area (Å²) < 4.78 is 5.45. The standard InChI is InChI=1S/C16H24O5S/c1-8(17)22-7-11-9-5-6-10(11)13(12(9)14(18)19)15(20)21-16(2,3)4/h9-13H,5-7H2,1-4H3,(H,18,19). The topological polar surface area (TPSA) is 80.7 Å². The third-order valence-corrected chi connectivity index (χ3v) is 5.64. The molecule has 5 atom stereocenters. The van der Waals surface area contributed by atoms with Gasteiger partial charge in [-0.05, 0) is 51.4 Å². The molecule has 2 saturated carbocycles. The molecule has 6 heteroatoms. The fourth-order valence-corrected chi connectivity index (χ4v) is 4.97. The number of carboxylic acids is 1. The third-order valence-electron chi connectivity index (χ3n) is 4.69. The van der Waals surface area contributed by atoms with Gasteiger partial charge in [-0.1, -0.05) is 11.8 Å². The number of carbonyl (C=O) groups is 3. The number of carboxylic acid groups (broad SMARTS) is 1. The first-order chi connectivity index (χ1) is 10.1. The zero-order valence-corrected chi connectivity index (χ0v) is 14.3. The Hall–Kier alpha value is -1.04. The van der Waals surface area contributed by atoms with E-state index in [0.717, 1.165) is 12.8 Å². The third kappa shape index (κ3) is 3.47. The molecule has 0 saturated heterocycles. The molecule has 1 N–H and O–H groups in total. The maximum Gasteiger partial charge on any atom is 0.310 e. The number of fused-ring (bicyclic) bond motifs is 2. The van der Waals surface area contributed by atoms with Crippen LogP contribution in [0.3, 0.4) is 0 Å². The van der Waals surface area contributed by atoms with Gasteiger partial charge in [0.05, 0.1) is 11.8 Å². The summed E-state index contributed by atoms with van der Waals surface area (Å²) in [7, 11) is 0. The summed E-state index contributed by atoms with van der Waals surface area (Å²) in [5.74, 6) is -1.84. The molecule has 2 fully saturated rings. The monoisotopic (exact) mass is 328 g/mol. The quantitative estimate of drug-likeness (QED) is 0.799. The van der Waals surface area contributed by atoms with E-state index in [4.69, 9.17) is 4.74 Å². The second-order valence-corrected chi connectivity index (χ2v) is 8.49. The highest BCUT2D eigenvalue weighted by Gasteiger charge is 2.60. The van der Waals surface area contributed by atoms with Gasteiger partial charge in [0.25, 0.3) is 0 Å². The lowest BCUT2D eigenvalue weighted by Gasteiger charge is -2.29. The molecule has 2 bridgehead atoms. The van der Waals surface area contributed by atoms with Gasteiger partial charge in [0.2, 0.25) is 0 Å². The predicted octanol–water partition coefficient (Wildman–Crippen LogP) is 2.58. The van der Waals surface area contributed by atoms with Crippen LogP contribution in [0, 0.1) is 29.6 Å². The highest BCUT2D eigenvalue weighted by Crippen LogP contribution is 2.57. The second-order valence-electron chi connectivity index (χ2n) is 7.29. The van der Waals surface area contributed by atoms with E-state index in [0.29, 0.717) is 5.75 Å². The van der Waals surface area contributed by atoms with Crippen molar-refractivity contribution in [2.24, 2.45) is 29.6 Å². The van der Waals surface area contributed by atoms with Gasteiger partial charge in [-0.2, -0.15) is 0 Å². The number of carbonyl (C=O) groups excluding carboxylic acids is 2. The maximum absolute atomic E-state index is 12.5. The summed E-state index contributed by atoms with van der Waals surface area (Å²) in [6.07, 6.45) is 1.67. The Morgan fingerprint density at radius 2 is 1.68 bits per heavy atom. The molecular weight excluding hydrogens is 304 g/mol. The Labute approximate surface area is 135 Å². The number of ether oxygens (including phenoxy) is 1. The van der Waals surface area contributed by atoms with Crippen molar-refractivity contribution in [2.45, 2.75) is 46.1 Å². The molecular formula is C16H24O5S. The number of esters is 1. The van der Waals surface area contributed by atoms with Gasteiger partial charge in [0, 0.05) is 12.7 Å². The molecule has 0 aromatic carbocycles. The van der Waals surface area contributed by atoms with Gasteiger partial charge < -0.3 is 9.84 Å². The molecule has 2 aliphatic carbocycles. The average Bonchev–Trinajstić information content (AvgIpc) is 2.88. The van der Waals surface area contributed by atoms with Gasteiger partial charge in [0.1, 0.15) is 5.60 Å². The minimum atomic E-state index is -0.916. The first-order valence-electron chi connectivity index (χ1n) is 7.71. The summed E-state index contributed by atoms with van der Waals surface area (Å²) in [6.45, 7) is 6.88. The Morgan fingerprint density at radius 3 is 2.14 bits per heavy atom. The number of hydrogen-bond acceptors (Lipinski definition) is 5. The van der Waals surface area contributed by atoms with Gasteiger partial charge >= 0.3 is 11.9 Å². The van der Waals surface area contributed by atoms with Crippen molar-refractivity contribution in [3.63, 3.8) is 0 Å². The minimum Gasteiger partial charge on any atom is -0.481 e. The van der Waals surface area contributed by atoms with Crippen molar-refractivity contribution in [1.29, 1.82) is 0 Å². The molecule has 0 heterocycles. The number of thioether (sulfide) groups is 1. The predicted molar refractivity (Wildman–Crippen MR) is 83.3 cm³/mol. The fourth-order valence-electron chi connectivity index (χ4n) is 4.04. The van der Waals surface area contributed by atoms with Crippen LogP contribution in [0.15, 0.2) is 0 Å². The lowest BCUT2D eigenvalue weighted by atomic mass is 9.79. The van der Waals surface area contributed by atoms with Crippen LogP contribution >= 0.6 is 11.8 Å². The number of rotatable bonds is 4. The molecule has 5 unspecified atom stereocenters. The van der Waals surface area contributed by atoms with Crippen LogP contribution in [0.25, 0.3) is 0 Å². The summed E-state index contributed by atoms with van der Waals surface area (Å²) in [4.78, 5) is 35.4. The zero-order valence-electron chi connectivity index (χ0n) is 13.5. The Morgan fingerprint density at radius 1 is 1.14 bits per heavy atom. The first kappa shape index (κ1) is 17.3. The van der Waals surface area contributed by atoms with Crippen molar-refractivity contribution in [1.82, 2.24) is 0 Å². The summed E-state index contributed by atoms with van der Waals surface area (Å²) >= 11 is 1.23. The van der Waals surface area contributed by atoms with Gasteiger partial charge in [-0.3, -0.25) is 14.4 Å². The Kier molecular flexibility index (Phi) is 4.90. The van der Waals surface area contributed by atoms with E-state index in [1.165, 1.54) is 18.7 Å². The molecule has 124 valence electrons. The van der Waals surface area contributed by atoms with Gasteiger partial charge in [-0.25, -0.2) is 0 Å². The average molecular weight is 328 g/mol. The summed E-state index contributed by atoms with van der Waals surface area (Å²) in [5.41, 5.74) is -0.619. The molecule has 0 aromatic rings. The van der Waals surface area contributed by atoms with E-state index >= 15 is 0 Å². The Balaban J connectivity index is 2.19. The smallest absolute Gasteiger partial charge is 0.310 e. The highest BCUT2D eigenvalue weighted by atomic mass is 32.2. The Bertz CT molecular complexity index is 481. The van der Waals surface area contributed by atoms with Gasteiger partial charge in [-0.15, -0.1) is 0 Å². The maximum atomic E-state index is 12.5. The van der Waals surface area contributed by atoms with Crippen LogP contribution in [-0.2, 0) is 19.1 Å². The van der Waals surface area contributed by atoms with Crippen molar-refractivity contribution in [3.05, 3.63) is 0 Å². The molecule has 0 aromatic heterocycles. The fraction of sp³-hybridized carbons (Fsp3) is 0.812. The van der Waals surface area contributed by atoms with Crippen LogP contribution < -0.4 is 0 Å². The van der Waals surface area contributed by atoms with E-state index in [9.17, 15) is 19.5 Å². The van der Waals surface area contributed by atoms with E-state index < -0.39 is 29.4 Å². The summed E-state index contributed by atoms with van der Waals surface area (Å²) in [5, 5.41) is 9.60. The normalized spacial score (nSPS) is 33.7. The van der Waals surface area contributed by atoms with Crippen LogP contribution in [0.2, 0.25) is 0 Å². The SMILES string of the molecule is CC(=O)SCC1C2CCC1C(C(=O)OC(C)(C)C)C2C(=O)O. The largest absolute Gasteiger partial charge is 0.481 e. The second kappa shape index (κ2) is 6.22. The van der Waals surface area contributed by atoms with Crippen LogP contribution in [0.4, 0.5) is 0 Å². The lowest BCUT2D eigenvalue weighted by Crippen LogP contribution is -2.38. The lowest BCUT2D eigenvalue weighted by molar-refractivity contribution is -0.169. The minimum absolute atomic E-state index is 0.0211. The highest BCUT2D eigenvalue weighted by molar-refractivity contribution is 8.13. The molecule has 0 aliphatic heterocycles. The molecule has 0 spiro atoms. The summed E-state index contributed by atoms with van der Waals surface area (Å²) in [6, 6.07) is 0. The van der Waals surface area contributed by atoms with Crippen molar-refractivity contribution in [3.8, 4) is 0 Å². The van der Waals surface area contributed by atoms with Crippen molar-refractivity contribution in [2.75, 3.05) is 5.75 Å². The van der Waals surface area contributed by atoms with Gasteiger partial charge in [0.15, 0.2) is 5.12 Å². The van der Waals surface area contributed by atoms with Crippen molar-refractivity contribution >= 4 is 28.8 Å². The number of aliphatic carboxylic acids is 1. The number of hydrogen-bond donors (Lipinski definition) is 1. The van der Waals surface area contributed by atoms with Crippen LogP contribution in [0.5, 0.6) is 0 Å². The molecule has 5 nitrogen and oxygen atoms in total. The first-order valence-corrected chi connectivity index (χ1v) is 8.69. The van der Waals surface area contributed by atoms with Crippen LogP contribution in [0.1, 0.15) is 40.5 Å². The van der Waals surface area contributed by atoms with E-state index in [1.54, 1.807) is 20.8 Å².